The predicted octanol–water partition coefficient (Wildman–Crippen LogP) is 0.147. The summed E-state index contributed by atoms with van der Waals surface area (Å²) in [6.45, 7) is 0. The molecule has 0 bridgehead atoms. The van der Waals surface area contributed by atoms with Gasteiger partial charge in [-0.15, -0.1) is 0 Å². The van der Waals surface area contributed by atoms with Crippen LogP contribution in [0.3, 0.4) is 0 Å². The summed E-state index contributed by atoms with van der Waals surface area (Å²) in [5, 5.41) is 0. The van der Waals surface area contributed by atoms with Crippen molar-refractivity contribution in [3.8, 4) is 0 Å². The Morgan fingerprint density at radius 1 is 1.60 bits per heavy atom. The van der Waals surface area contributed by atoms with Crippen molar-refractivity contribution in [1.82, 2.24) is 0 Å². The van der Waals surface area contributed by atoms with Gasteiger partial charge in [0.2, 0.25) is 0 Å². The minimum atomic E-state index is -0.254. The zero-order chi connectivity index (χ0) is 3.70. The third-order valence-corrected chi connectivity index (χ3v) is 3.81. The van der Waals surface area contributed by atoms with Crippen LogP contribution in [0.1, 0.15) is 12.8 Å². The minimum absolute atomic E-state index is 0.254. The molecular weight excluding hydrogens is 169 g/mol. The Morgan fingerprint density at radius 3 is 2.20 bits per heavy atom. The number of hydrogen-bond acceptors (Lipinski definition) is 1. The van der Waals surface area contributed by atoms with E-state index in [2.05, 4.69) is 0 Å². The Labute approximate surface area is 42.5 Å². The van der Waals surface area contributed by atoms with Crippen LogP contribution in [-0.4, -0.2) is 21.4 Å². The van der Waals surface area contributed by atoms with Gasteiger partial charge in [-0.25, -0.2) is 0 Å². The molecule has 0 aromatic carbocycles. The first-order valence-corrected chi connectivity index (χ1v) is 5.19. The molecule has 0 unspecified atom stereocenters. The van der Waals surface area contributed by atoms with E-state index >= 15 is 0 Å². The monoisotopic (exact) mass is 177 g/mol. The van der Waals surface area contributed by atoms with Crippen LogP contribution >= 0.6 is 0 Å². The third-order valence-electron chi connectivity index (χ3n) is 0.813. The van der Waals surface area contributed by atoms with Gasteiger partial charge in [-0.2, -0.15) is 0 Å². The fraction of sp³-hybridized carbons (Fsp3) is 1.00. The van der Waals surface area contributed by atoms with Crippen molar-refractivity contribution in [2.24, 2.45) is 3.96 Å². The Balaban J connectivity index is 2.00. The van der Waals surface area contributed by atoms with Crippen LogP contribution in [-0.2, 0) is 0 Å². The van der Waals surface area contributed by atoms with Gasteiger partial charge in [-0.05, 0) is 0 Å². The van der Waals surface area contributed by atoms with E-state index in [0.717, 1.165) is 3.93 Å². The van der Waals surface area contributed by atoms with Gasteiger partial charge >= 0.3 is 42.1 Å². The van der Waals surface area contributed by atoms with E-state index in [4.69, 9.17) is 3.96 Å². The first kappa shape index (κ1) is 3.93. The van der Waals surface area contributed by atoms with E-state index in [0.29, 0.717) is 0 Å². The zero-order valence-electron chi connectivity index (χ0n) is 3.07. The SMILES string of the molecule is [NH2][Sn][CH]1CC1. The topological polar surface area (TPSA) is 26.0 Å². The maximum atomic E-state index is 5.40. The Kier molecular flexibility index (Phi) is 1.16. The average molecular weight is 176 g/mol. The molecule has 1 aliphatic rings. The third kappa shape index (κ3) is 1.09. The van der Waals surface area contributed by atoms with Gasteiger partial charge in [-0.3, -0.25) is 0 Å². The van der Waals surface area contributed by atoms with Gasteiger partial charge in [0.25, 0.3) is 0 Å². The molecule has 0 saturated heterocycles. The second-order valence-corrected chi connectivity index (χ2v) is 4.72. The maximum absolute atomic E-state index is 5.40. The zero-order valence-corrected chi connectivity index (χ0v) is 5.92. The van der Waals surface area contributed by atoms with E-state index < -0.39 is 0 Å². The summed E-state index contributed by atoms with van der Waals surface area (Å²) in [5.74, 6) is 0. The second kappa shape index (κ2) is 1.47. The molecule has 1 aliphatic carbocycles. The molecule has 1 saturated carbocycles. The Morgan fingerprint density at radius 2 is 2.20 bits per heavy atom. The van der Waals surface area contributed by atoms with Crippen LogP contribution in [0.2, 0.25) is 3.93 Å². The molecule has 0 aromatic heterocycles. The fourth-order valence-electron chi connectivity index (χ4n) is 0.250. The standard InChI is InChI=1S/C3H5.H2N.Sn/c1-2-3-1;;/h1H,2-3H2;1H2;/q;-1;+1. The van der Waals surface area contributed by atoms with Crippen molar-refractivity contribution >= 4 is 21.4 Å². The summed E-state index contributed by atoms with van der Waals surface area (Å²) >= 11 is -0.254. The van der Waals surface area contributed by atoms with Crippen molar-refractivity contribution in [3.05, 3.63) is 0 Å². The van der Waals surface area contributed by atoms with Crippen LogP contribution in [0, 0.1) is 0 Å². The van der Waals surface area contributed by atoms with Crippen LogP contribution in [0.5, 0.6) is 0 Å². The molecule has 0 atom stereocenters. The molecule has 1 rings (SSSR count). The molecule has 1 nitrogen and oxygen atoms in total. The summed E-state index contributed by atoms with van der Waals surface area (Å²) in [7, 11) is 0. The molecule has 0 spiro atoms. The molecule has 0 aliphatic heterocycles. The van der Waals surface area contributed by atoms with Crippen molar-refractivity contribution in [2.45, 2.75) is 16.8 Å². The normalized spacial score (nSPS) is 23.4. The number of rotatable bonds is 1. The molecule has 28 valence electrons. The fourth-order valence-corrected chi connectivity index (χ4v) is 1.68. The van der Waals surface area contributed by atoms with Gasteiger partial charge < -0.3 is 0 Å². The van der Waals surface area contributed by atoms with Crippen molar-refractivity contribution < 1.29 is 0 Å². The second-order valence-electron chi connectivity index (χ2n) is 1.44. The van der Waals surface area contributed by atoms with Crippen LogP contribution in [0.15, 0.2) is 0 Å². The molecule has 1 fully saturated rings. The van der Waals surface area contributed by atoms with Gasteiger partial charge in [0, 0.05) is 0 Å². The molecule has 0 aromatic rings. The van der Waals surface area contributed by atoms with Gasteiger partial charge in [0.1, 0.15) is 0 Å². The van der Waals surface area contributed by atoms with Crippen molar-refractivity contribution in [2.75, 3.05) is 0 Å². The Hall–Kier alpha value is 0.759. The van der Waals surface area contributed by atoms with E-state index in [1.807, 2.05) is 0 Å². The molecular formula is C3H7NSn. The summed E-state index contributed by atoms with van der Waals surface area (Å²) in [4.78, 5) is 0. The summed E-state index contributed by atoms with van der Waals surface area (Å²) in [6, 6.07) is 0. The summed E-state index contributed by atoms with van der Waals surface area (Å²) in [6.07, 6.45) is 2.92. The molecule has 2 radical (unpaired) electrons. The first-order valence-electron chi connectivity index (χ1n) is 1.89. The predicted molar refractivity (Wildman–Crippen MR) is 22.9 cm³/mol. The van der Waals surface area contributed by atoms with E-state index in [-0.39, 0.29) is 21.4 Å². The summed E-state index contributed by atoms with van der Waals surface area (Å²) in [5.41, 5.74) is 0. The molecule has 0 heterocycles. The molecule has 2 N–H and O–H groups in total. The van der Waals surface area contributed by atoms with Crippen LogP contribution in [0.4, 0.5) is 0 Å². The first-order chi connectivity index (χ1) is 2.43. The van der Waals surface area contributed by atoms with E-state index in [9.17, 15) is 0 Å². The van der Waals surface area contributed by atoms with Gasteiger partial charge in [-0.1, -0.05) is 0 Å². The molecule has 2 heteroatoms. The Bertz CT molecular complexity index is 33.9. The summed E-state index contributed by atoms with van der Waals surface area (Å²) < 4.78 is 6.49. The van der Waals surface area contributed by atoms with Gasteiger partial charge in [0.05, 0.1) is 0 Å². The number of nitrogens with two attached hydrogens (primary N) is 1. The van der Waals surface area contributed by atoms with E-state index in [1.165, 1.54) is 12.8 Å². The quantitative estimate of drug-likeness (QED) is 0.565. The van der Waals surface area contributed by atoms with Gasteiger partial charge in [0.15, 0.2) is 0 Å². The molecule has 5 heavy (non-hydrogen) atoms. The van der Waals surface area contributed by atoms with Crippen molar-refractivity contribution in [1.29, 1.82) is 0 Å². The van der Waals surface area contributed by atoms with E-state index in [1.54, 1.807) is 0 Å². The van der Waals surface area contributed by atoms with Crippen LogP contribution in [0.25, 0.3) is 0 Å². The van der Waals surface area contributed by atoms with Crippen LogP contribution < -0.4 is 3.96 Å². The average Bonchev–Trinajstić information content (AvgIpc) is 2.12. The number of hydrogen-bond donors (Lipinski definition) is 1. The van der Waals surface area contributed by atoms with Crippen molar-refractivity contribution in [3.63, 3.8) is 0 Å². The molecule has 0 amide bonds.